The van der Waals surface area contributed by atoms with Crippen molar-refractivity contribution in [2.24, 2.45) is 5.92 Å². The van der Waals surface area contributed by atoms with Crippen molar-refractivity contribution in [2.45, 2.75) is 39.5 Å². The Morgan fingerprint density at radius 1 is 1.43 bits per heavy atom. The third-order valence-electron chi connectivity index (χ3n) is 2.77. The molecular formula is C14H18BrF2NO3. The van der Waals surface area contributed by atoms with Crippen molar-refractivity contribution < 1.29 is 23.4 Å². The van der Waals surface area contributed by atoms with Gasteiger partial charge >= 0.3 is 12.6 Å². The third-order valence-corrected chi connectivity index (χ3v) is 3.39. The average molecular weight is 366 g/mol. The zero-order chi connectivity index (χ0) is 16.0. The summed E-state index contributed by atoms with van der Waals surface area (Å²) in [7, 11) is 0. The van der Waals surface area contributed by atoms with Gasteiger partial charge in [-0.1, -0.05) is 19.9 Å². The summed E-state index contributed by atoms with van der Waals surface area (Å²) in [5.41, 5.74) is 0.776. The number of carboxylic acid groups (broad SMARTS) is 1. The molecule has 1 rings (SSSR count). The third kappa shape index (κ3) is 6.39. The number of nitrogens with one attached hydrogen (secondary N) is 1. The summed E-state index contributed by atoms with van der Waals surface area (Å²) in [6.07, 6.45) is 0.517. The quantitative estimate of drug-likeness (QED) is 0.738. The summed E-state index contributed by atoms with van der Waals surface area (Å²) in [6, 6.07) is 4.02. The van der Waals surface area contributed by atoms with Gasteiger partial charge in [0.25, 0.3) is 0 Å². The van der Waals surface area contributed by atoms with Gasteiger partial charge in [-0.2, -0.15) is 8.78 Å². The van der Waals surface area contributed by atoms with Crippen molar-refractivity contribution >= 4 is 21.9 Å². The lowest BCUT2D eigenvalue weighted by molar-refractivity contribution is -0.140. The van der Waals surface area contributed by atoms with Crippen LogP contribution in [-0.2, 0) is 11.3 Å². The predicted molar refractivity (Wildman–Crippen MR) is 78.5 cm³/mol. The Kier molecular flexibility index (Phi) is 7.04. The van der Waals surface area contributed by atoms with Gasteiger partial charge in [-0.05, 0) is 46.0 Å². The maximum atomic E-state index is 12.1. The molecule has 7 heteroatoms. The molecule has 2 N–H and O–H groups in total. The van der Waals surface area contributed by atoms with Gasteiger partial charge in [0.15, 0.2) is 0 Å². The number of halogens is 3. The van der Waals surface area contributed by atoms with Crippen LogP contribution in [0.1, 0.15) is 25.8 Å². The van der Waals surface area contributed by atoms with Crippen molar-refractivity contribution in [1.82, 2.24) is 5.32 Å². The highest BCUT2D eigenvalue weighted by molar-refractivity contribution is 9.10. The Morgan fingerprint density at radius 2 is 2.10 bits per heavy atom. The monoisotopic (exact) mass is 365 g/mol. The molecule has 0 saturated carbocycles. The van der Waals surface area contributed by atoms with E-state index in [1.165, 1.54) is 6.07 Å². The van der Waals surface area contributed by atoms with Gasteiger partial charge in [0.05, 0.1) is 4.47 Å². The van der Waals surface area contributed by atoms with E-state index in [1.807, 2.05) is 13.8 Å². The van der Waals surface area contributed by atoms with E-state index in [2.05, 4.69) is 26.0 Å². The van der Waals surface area contributed by atoms with Crippen LogP contribution in [0.15, 0.2) is 22.7 Å². The van der Waals surface area contributed by atoms with E-state index in [0.29, 0.717) is 17.4 Å². The second-order valence-corrected chi connectivity index (χ2v) is 5.90. The molecule has 0 spiro atoms. The molecule has 1 aromatic rings. The number of alkyl halides is 2. The molecule has 0 saturated heterocycles. The summed E-state index contributed by atoms with van der Waals surface area (Å²) in [5.74, 6) is -0.599. The molecule has 0 amide bonds. The minimum absolute atomic E-state index is 0.0470. The molecule has 1 aromatic carbocycles. The molecule has 0 heterocycles. The zero-order valence-corrected chi connectivity index (χ0v) is 13.4. The summed E-state index contributed by atoms with van der Waals surface area (Å²) < 4.78 is 29.0. The number of carboxylic acids is 1. The first kappa shape index (κ1) is 17.8. The van der Waals surface area contributed by atoms with Crippen LogP contribution in [0, 0.1) is 5.92 Å². The molecule has 4 nitrogen and oxygen atoms in total. The highest BCUT2D eigenvalue weighted by Crippen LogP contribution is 2.27. The van der Waals surface area contributed by atoms with Gasteiger partial charge in [0.1, 0.15) is 11.8 Å². The highest BCUT2D eigenvalue weighted by atomic mass is 79.9. The molecule has 0 aliphatic heterocycles. The molecule has 0 aromatic heterocycles. The summed E-state index contributed by atoms with van der Waals surface area (Å²) >= 11 is 3.15. The van der Waals surface area contributed by atoms with Crippen molar-refractivity contribution in [3.8, 4) is 5.75 Å². The maximum absolute atomic E-state index is 12.1. The zero-order valence-electron chi connectivity index (χ0n) is 11.8. The van der Waals surface area contributed by atoms with E-state index in [4.69, 9.17) is 5.11 Å². The normalized spacial score (nSPS) is 12.7. The first-order valence-electron chi connectivity index (χ1n) is 6.49. The van der Waals surface area contributed by atoms with Gasteiger partial charge in [0, 0.05) is 6.54 Å². The van der Waals surface area contributed by atoms with E-state index in [0.717, 1.165) is 5.56 Å². The molecule has 0 unspecified atom stereocenters. The second-order valence-electron chi connectivity index (χ2n) is 5.04. The Morgan fingerprint density at radius 3 is 2.57 bits per heavy atom. The average Bonchev–Trinajstić information content (AvgIpc) is 2.36. The van der Waals surface area contributed by atoms with E-state index >= 15 is 0 Å². The first-order valence-corrected chi connectivity index (χ1v) is 7.28. The second kappa shape index (κ2) is 8.29. The molecule has 0 fully saturated rings. The number of ether oxygens (including phenoxy) is 1. The first-order chi connectivity index (χ1) is 9.79. The van der Waals surface area contributed by atoms with E-state index in [1.54, 1.807) is 12.1 Å². The van der Waals surface area contributed by atoms with Crippen LogP contribution >= 0.6 is 15.9 Å². The van der Waals surface area contributed by atoms with Gasteiger partial charge in [-0.25, -0.2) is 0 Å². The fraction of sp³-hybridized carbons (Fsp3) is 0.500. The lowest BCUT2D eigenvalue weighted by Crippen LogP contribution is -2.37. The minimum Gasteiger partial charge on any atom is -0.480 e. The van der Waals surface area contributed by atoms with E-state index < -0.39 is 18.6 Å². The summed E-state index contributed by atoms with van der Waals surface area (Å²) in [4.78, 5) is 11.1. The van der Waals surface area contributed by atoms with Gasteiger partial charge < -0.3 is 15.2 Å². The topological polar surface area (TPSA) is 58.6 Å². The molecule has 21 heavy (non-hydrogen) atoms. The Balaban J connectivity index is 2.66. The Hall–Kier alpha value is -1.21. The number of carbonyl (C=O) groups is 1. The van der Waals surface area contributed by atoms with E-state index in [-0.39, 0.29) is 11.7 Å². The van der Waals surface area contributed by atoms with Crippen LogP contribution in [0.5, 0.6) is 5.75 Å². The highest BCUT2D eigenvalue weighted by Gasteiger charge is 2.18. The van der Waals surface area contributed by atoms with Crippen molar-refractivity contribution in [1.29, 1.82) is 0 Å². The number of rotatable bonds is 8. The molecule has 1 atom stereocenters. The van der Waals surface area contributed by atoms with Gasteiger partial charge in [-0.15, -0.1) is 0 Å². The molecular weight excluding hydrogens is 348 g/mol. The van der Waals surface area contributed by atoms with E-state index in [9.17, 15) is 13.6 Å². The number of benzene rings is 1. The standard InChI is InChI=1S/C14H18BrF2NO3/c1-8(2)5-11(13(19)20)18-7-9-3-4-12(10(15)6-9)21-14(16)17/h3-4,6,8,11,14,18H,5,7H2,1-2H3,(H,19,20)/t11-/m1/s1. The largest absolute Gasteiger partial charge is 0.480 e. The lowest BCUT2D eigenvalue weighted by Gasteiger charge is -2.17. The maximum Gasteiger partial charge on any atom is 0.387 e. The summed E-state index contributed by atoms with van der Waals surface area (Å²) in [6.45, 7) is 1.35. The van der Waals surface area contributed by atoms with Gasteiger partial charge in [0.2, 0.25) is 0 Å². The van der Waals surface area contributed by atoms with Crippen LogP contribution in [0.2, 0.25) is 0 Å². The fourth-order valence-electron chi connectivity index (χ4n) is 1.83. The minimum atomic E-state index is -2.88. The number of aliphatic carboxylic acids is 1. The lowest BCUT2D eigenvalue weighted by atomic mass is 10.0. The molecule has 118 valence electrons. The molecule has 0 bridgehead atoms. The Labute approximate surface area is 130 Å². The van der Waals surface area contributed by atoms with Crippen LogP contribution in [-0.4, -0.2) is 23.7 Å². The predicted octanol–water partition coefficient (Wildman–Crippen LogP) is 3.64. The number of hydrogen-bond acceptors (Lipinski definition) is 3. The van der Waals surface area contributed by atoms with Crippen molar-refractivity contribution in [2.75, 3.05) is 0 Å². The number of hydrogen-bond donors (Lipinski definition) is 2. The van der Waals surface area contributed by atoms with Crippen LogP contribution in [0.25, 0.3) is 0 Å². The molecule has 0 aliphatic carbocycles. The van der Waals surface area contributed by atoms with Crippen molar-refractivity contribution in [3.63, 3.8) is 0 Å². The van der Waals surface area contributed by atoms with Crippen molar-refractivity contribution in [3.05, 3.63) is 28.2 Å². The SMILES string of the molecule is CC(C)C[C@@H](NCc1ccc(OC(F)F)c(Br)c1)C(=O)O. The van der Waals surface area contributed by atoms with Crippen LogP contribution in [0.4, 0.5) is 8.78 Å². The fourth-order valence-corrected chi connectivity index (χ4v) is 2.35. The smallest absolute Gasteiger partial charge is 0.387 e. The van der Waals surface area contributed by atoms with Crippen LogP contribution < -0.4 is 10.1 Å². The molecule has 0 radical (unpaired) electrons. The van der Waals surface area contributed by atoms with Gasteiger partial charge in [-0.3, -0.25) is 4.79 Å². The van der Waals surface area contributed by atoms with Crippen LogP contribution in [0.3, 0.4) is 0 Å². The Bertz CT molecular complexity index is 483. The summed E-state index contributed by atoms with van der Waals surface area (Å²) in [5, 5.41) is 12.1. The molecule has 0 aliphatic rings.